The van der Waals surface area contributed by atoms with Crippen molar-refractivity contribution in [2.45, 2.75) is 25.1 Å². The smallest absolute Gasteiger partial charge is 0.320 e. The van der Waals surface area contributed by atoms with Crippen molar-refractivity contribution in [1.29, 1.82) is 0 Å². The first kappa shape index (κ1) is 18.5. The molecule has 4 rings (SSSR count). The van der Waals surface area contributed by atoms with Crippen LogP contribution in [-0.4, -0.2) is 46.8 Å². The molecule has 4 amide bonds. The number of hydrogen-bond donors (Lipinski definition) is 1. The van der Waals surface area contributed by atoms with Gasteiger partial charge in [0.05, 0.1) is 29.1 Å². The van der Waals surface area contributed by atoms with Crippen LogP contribution in [0.25, 0.3) is 0 Å². The lowest BCUT2D eigenvalue weighted by Crippen LogP contribution is -2.63. The highest BCUT2D eigenvalue weighted by Crippen LogP contribution is 2.38. The standard InChI is InChI=1S/C19H18F3N3O3/c20-19(21,22)14-7-3-4-8-15(14)23-18(28)24-9-11(10-24)25-16(26)12-5-1-2-6-13(12)17(25)27/h1-4,7-8,11-13H,5-6,9-10H2,(H,23,28). The number of amides is 4. The fraction of sp³-hybridized carbons (Fsp3) is 0.421. The normalized spacial score (nSPS) is 25.0. The van der Waals surface area contributed by atoms with Gasteiger partial charge in [-0.1, -0.05) is 24.3 Å². The Morgan fingerprint density at radius 1 is 1.00 bits per heavy atom. The highest BCUT2D eigenvalue weighted by molar-refractivity contribution is 6.06. The third-order valence-corrected chi connectivity index (χ3v) is 5.53. The van der Waals surface area contributed by atoms with Gasteiger partial charge < -0.3 is 10.2 Å². The first-order chi connectivity index (χ1) is 13.3. The lowest BCUT2D eigenvalue weighted by molar-refractivity contribution is -0.145. The Morgan fingerprint density at radius 3 is 2.14 bits per heavy atom. The van der Waals surface area contributed by atoms with Crippen molar-refractivity contribution in [2.75, 3.05) is 18.4 Å². The molecule has 0 spiro atoms. The van der Waals surface area contributed by atoms with E-state index in [0.29, 0.717) is 12.8 Å². The molecular weight excluding hydrogens is 375 g/mol. The van der Waals surface area contributed by atoms with Crippen LogP contribution in [0.5, 0.6) is 0 Å². The summed E-state index contributed by atoms with van der Waals surface area (Å²) in [4.78, 5) is 39.9. The number of carbonyl (C=O) groups excluding carboxylic acids is 3. The molecule has 0 aromatic heterocycles. The molecule has 2 heterocycles. The number of fused-ring (bicyclic) bond motifs is 1. The van der Waals surface area contributed by atoms with Gasteiger partial charge in [0.2, 0.25) is 11.8 Å². The van der Waals surface area contributed by atoms with Crippen LogP contribution in [0.4, 0.5) is 23.7 Å². The van der Waals surface area contributed by atoms with Crippen molar-refractivity contribution in [3.05, 3.63) is 42.0 Å². The molecule has 0 radical (unpaired) electrons. The molecule has 28 heavy (non-hydrogen) atoms. The van der Waals surface area contributed by atoms with E-state index in [-0.39, 0.29) is 42.4 Å². The van der Waals surface area contributed by atoms with Crippen molar-refractivity contribution in [2.24, 2.45) is 11.8 Å². The number of carbonyl (C=O) groups is 3. The summed E-state index contributed by atoms with van der Waals surface area (Å²) in [5.74, 6) is -1.10. The topological polar surface area (TPSA) is 69.7 Å². The minimum Gasteiger partial charge on any atom is -0.320 e. The highest BCUT2D eigenvalue weighted by Gasteiger charge is 2.52. The van der Waals surface area contributed by atoms with E-state index in [4.69, 9.17) is 0 Å². The van der Waals surface area contributed by atoms with Crippen molar-refractivity contribution >= 4 is 23.5 Å². The maximum absolute atomic E-state index is 13.0. The Bertz CT molecular complexity index is 835. The van der Waals surface area contributed by atoms with Crippen molar-refractivity contribution in [3.8, 4) is 0 Å². The second kappa shape index (κ2) is 6.65. The molecule has 148 valence electrons. The predicted octanol–water partition coefficient (Wildman–Crippen LogP) is 2.87. The predicted molar refractivity (Wildman–Crippen MR) is 93.0 cm³/mol. The number of rotatable bonds is 2. The third-order valence-electron chi connectivity index (χ3n) is 5.53. The van der Waals surface area contributed by atoms with Gasteiger partial charge in [-0.3, -0.25) is 14.5 Å². The lowest BCUT2D eigenvalue weighted by atomic mass is 9.85. The number of benzene rings is 1. The van der Waals surface area contributed by atoms with Crippen LogP contribution in [0, 0.1) is 11.8 Å². The lowest BCUT2D eigenvalue weighted by Gasteiger charge is -2.43. The molecule has 1 aliphatic carbocycles. The van der Waals surface area contributed by atoms with Gasteiger partial charge in [-0.2, -0.15) is 13.2 Å². The second-order valence-corrected chi connectivity index (χ2v) is 7.23. The van der Waals surface area contributed by atoms with E-state index in [1.807, 2.05) is 12.2 Å². The molecule has 3 aliphatic rings. The summed E-state index contributed by atoms with van der Waals surface area (Å²) in [6.45, 7) is 0.231. The molecular formula is C19H18F3N3O3. The number of para-hydroxylation sites is 1. The van der Waals surface area contributed by atoms with Crippen LogP contribution in [0.15, 0.2) is 36.4 Å². The Hall–Kier alpha value is -2.84. The molecule has 2 saturated heterocycles. The fourth-order valence-corrected chi connectivity index (χ4v) is 4.00. The molecule has 0 saturated carbocycles. The summed E-state index contributed by atoms with van der Waals surface area (Å²) < 4.78 is 39.1. The Balaban J connectivity index is 1.39. The molecule has 1 aromatic carbocycles. The zero-order valence-corrected chi connectivity index (χ0v) is 14.8. The minimum atomic E-state index is -4.58. The molecule has 2 aliphatic heterocycles. The fourth-order valence-electron chi connectivity index (χ4n) is 4.00. The molecule has 2 fully saturated rings. The van der Waals surface area contributed by atoms with E-state index in [1.54, 1.807) is 0 Å². The average molecular weight is 393 g/mol. The van der Waals surface area contributed by atoms with E-state index in [9.17, 15) is 27.6 Å². The minimum absolute atomic E-state index is 0.115. The number of hydrogen-bond acceptors (Lipinski definition) is 3. The van der Waals surface area contributed by atoms with Gasteiger partial charge >= 0.3 is 12.2 Å². The molecule has 1 N–H and O–H groups in total. The quantitative estimate of drug-likeness (QED) is 0.621. The largest absolute Gasteiger partial charge is 0.418 e. The molecule has 9 heteroatoms. The highest BCUT2D eigenvalue weighted by atomic mass is 19.4. The van der Waals surface area contributed by atoms with E-state index in [1.165, 1.54) is 28.0 Å². The Morgan fingerprint density at radius 2 is 1.57 bits per heavy atom. The molecule has 0 bridgehead atoms. The van der Waals surface area contributed by atoms with E-state index in [2.05, 4.69) is 5.32 Å². The zero-order valence-electron chi connectivity index (χ0n) is 14.8. The van der Waals surface area contributed by atoms with Crippen LogP contribution in [-0.2, 0) is 15.8 Å². The number of imide groups is 1. The monoisotopic (exact) mass is 393 g/mol. The first-order valence-electron chi connectivity index (χ1n) is 9.01. The summed E-state index contributed by atoms with van der Waals surface area (Å²) in [7, 11) is 0. The third kappa shape index (κ3) is 3.04. The van der Waals surface area contributed by atoms with Gasteiger partial charge in [0.15, 0.2) is 0 Å². The van der Waals surface area contributed by atoms with Gasteiger partial charge in [0.25, 0.3) is 0 Å². The number of nitrogens with one attached hydrogen (secondary N) is 1. The zero-order chi connectivity index (χ0) is 20.1. The summed E-state index contributed by atoms with van der Waals surface area (Å²) in [6, 6.07) is 3.62. The van der Waals surface area contributed by atoms with Crippen LogP contribution in [0.3, 0.4) is 0 Å². The first-order valence-corrected chi connectivity index (χ1v) is 9.01. The second-order valence-electron chi connectivity index (χ2n) is 7.23. The molecule has 2 unspecified atom stereocenters. The van der Waals surface area contributed by atoms with Gasteiger partial charge in [0, 0.05) is 13.1 Å². The van der Waals surface area contributed by atoms with Crippen molar-refractivity contribution in [1.82, 2.24) is 9.80 Å². The summed E-state index contributed by atoms with van der Waals surface area (Å²) in [5.41, 5.74) is -1.25. The van der Waals surface area contributed by atoms with Crippen molar-refractivity contribution in [3.63, 3.8) is 0 Å². The number of urea groups is 1. The van der Waals surface area contributed by atoms with Gasteiger partial charge in [0.1, 0.15) is 0 Å². The number of halogens is 3. The van der Waals surface area contributed by atoms with Gasteiger partial charge in [-0.05, 0) is 25.0 Å². The van der Waals surface area contributed by atoms with Gasteiger partial charge in [-0.15, -0.1) is 0 Å². The molecule has 1 aromatic rings. The van der Waals surface area contributed by atoms with E-state index >= 15 is 0 Å². The van der Waals surface area contributed by atoms with Crippen LogP contribution in [0.1, 0.15) is 18.4 Å². The molecule has 2 atom stereocenters. The molecule has 6 nitrogen and oxygen atoms in total. The van der Waals surface area contributed by atoms with Crippen LogP contribution >= 0.6 is 0 Å². The van der Waals surface area contributed by atoms with Crippen LogP contribution in [0.2, 0.25) is 0 Å². The van der Waals surface area contributed by atoms with Crippen molar-refractivity contribution < 1.29 is 27.6 Å². The number of allylic oxidation sites excluding steroid dienone is 2. The summed E-state index contributed by atoms with van der Waals surface area (Å²) >= 11 is 0. The summed E-state index contributed by atoms with van der Waals surface area (Å²) in [5, 5.41) is 2.27. The summed E-state index contributed by atoms with van der Waals surface area (Å²) in [6.07, 6.45) is 0.288. The maximum atomic E-state index is 13.0. The Labute approximate surface area is 159 Å². The van der Waals surface area contributed by atoms with Crippen LogP contribution < -0.4 is 5.32 Å². The number of likely N-dealkylation sites (tertiary alicyclic amines) is 2. The Kier molecular flexibility index (Phi) is 4.40. The number of alkyl halides is 3. The average Bonchev–Trinajstić information content (AvgIpc) is 2.86. The van der Waals surface area contributed by atoms with E-state index < -0.39 is 23.8 Å². The maximum Gasteiger partial charge on any atom is 0.418 e. The number of nitrogens with zero attached hydrogens (tertiary/aromatic N) is 2. The van der Waals surface area contributed by atoms with Gasteiger partial charge in [-0.25, -0.2) is 4.79 Å². The number of anilines is 1. The SMILES string of the molecule is O=C(Nc1ccccc1C(F)(F)F)N1CC(N2C(=O)C3CC=CCC3C2=O)C1. The van der Waals surface area contributed by atoms with E-state index in [0.717, 1.165) is 6.07 Å².